The fourth-order valence-corrected chi connectivity index (χ4v) is 5.38. The van der Waals surface area contributed by atoms with Crippen molar-refractivity contribution in [3.8, 4) is 17.2 Å². The molecule has 1 aliphatic heterocycles. The van der Waals surface area contributed by atoms with Gasteiger partial charge in [0.15, 0.2) is 11.5 Å². The van der Waals surface area contributed by atoms with E-state index in [9.17, 15) is 18.3 Å². The van der Waals surface area contributed by atoms with Crippen molar-refractivity contribution >= 4 is 16.0 Å². The number of fused-ring (bicyclic) bond motifs is 1. The van der Waals surface area contributed by atoms with Gasteiger partial charge in [0.1, 0.15) is 5.75 Å². The number of carboxylic acids is 1. The van der Waals surface area contributed by atoms with Gasteiger partial charge in [-0.15, -0.1) is 0 Å². The Balaban J connectivity index is 2.07. The van der Waals surface area contributed by atoms with Gasteiger partial charge >= 0.3 is 5.97 Å². The molecule has 0 amide bonds. The van der Waals surface area contributed by atoms with Crippen LogP contribution in [0.25, 0.3) is 0 Å². The maximum Gasteiger partial charge on any atom is 0.305 e. The molecule has 9 heteroatoms. The molecule has 0 aromatic heterocycles. The quantitative estimate of drug-likeness (QED) is 0.627. The summed E-state index contributed by atoms with van der Waals surface area (Å²) in [7, 11) is -2.43. The van der Waals surface area contributed by atoms with E-state index in [-0.39, 0.29) is 17.9 Å². The van der Waals surface area contributed by atoms with E-state index >= 15 is 0 Å². The summed E-state index contributed by atoms with van der Waals surface area (Å²) in [6.07, 6.45) is 0.0786. The van der Waals surface area contributed by atoms with Crippen LogP contribution >= 0.6 is 0 Å². The minimum absolute atomic E-state index is 0.0862. The number of carboxylic acid groups (broad SMARTS) is 1. The van der Waals surface area contributed by atoms with E-state index in [0.29, 0.717) is 42.4 Å². The van der Waals surface area contributed by atoms with E-state index in [1.165, 1.54) is 23.5 Å². The topological polar surface area (TPSA) is 102 Å². The fraction of sp³-hybridized carbons (Fsp3) is 0.409. The zero-order valence-corrected chi connectivity index (χ0v) is 18.6. The molecule has 8 nitrogen and oxygen atoms in total. The monoisotopic (exact) mass is 449 g/mol. The van der Waals surface area contributed by atoms with Crippen molar-refractivity contribution in [2.45, 2.75) is 37.6 Å². The lowest BCUT2D eigenvalue weighted by molar-refractivity contribution is -0.138. The van der Waals surface area contributed by atoms with Crippen LogP contribution in [0.4, 0.5) is 0 Å². The Morgan fingerprint density at radius 1 is 1.10 bits per heavy atom. The molecule has 2 aromatic rings. The zero-order chi connectivity index (χ0) is 22.6. The second kappa shape index (κ2) is 9.57. The number of methoxy groups -OCH3 is 1. The van der Waals surface area contributed by atoms with Crippen LogP contribution in [0, 0.1) is 0 Å². The number of carbonyl (C=O) groups is 1. The number of aliphatic carboxylic acids is 1. The van der Waals surface area contributed by atoms with Gasteiger partial charge in [0, 0.05) is 6.54 Å². The second-order valence-electron chi connectivity index (χ2n) is 7.02. The highest BCUT2D eigenvalue weighted by atomic mass is 32.2. The van der Waals surface area contributed by atoms with Crippen LogP contribution in [-0.4, -0.2) is 50.7 Å². The molecule has 1 atom stereocenters. The van der Waals surface area contributed by atoms with Crippen molar-refractivity contribution in [2.24, 2.45) is 0 Å². The van der Waals surface area contributed by atoms with Crippen LogP contribution in [-0.2, 0) is 21.2 Å². The first-order valence-electron chi connectivity index (χ1n) is 10.1. The Hall–Kier alpha value is -2.78. The Kier molecular flexibility index (Phi) is 7.07. The van der Waals surface area contributed by atoms with Crippen molar-refractivity contribution in [1.29, 1.82) is 0 Å². The fourth-order valence-electron chi connectivity index (χ4n) is 3.77. The molecule has 0 radical (unpaired) electrons. The molecule has 3 rings (SSSR count). The number of hydrogen-bond donors (Lipinski definition) is 1. The summed E-state index contributed by atoms with van der Waals surface area (Å²) >= 11 is 0. The van der Waals surface area contributed by atoms with Crippen molar-refractivity contribution in [3.05, 3.63) is 47.5 Å². The molecule has 1 heterocycles. The van der Waals surface area contributed by atoms with Crippen molar-refractivity contribution in [1.82, 2.24) is 4.31 Å². The third-order valence-corrected chi connectivity index (χ3v) is 7.07. The van der Waals surface area contributed by atoms with Crippen molar-refractivity contribution in [2.75, 3.05) is 26.9 Å². The molecule has 0 spiro atoms. The second-order valence-corrected chi connectivity index (χ2v) is 8.91. The molecule has 0 saturated heterocycles. The first-order chi connectivity index (χ1) is 14.8. The first-order valence-corrected chi connectivity index (χ1v) is 11.6. The maximum atomic E-state index is 13.4. The van der Waals surface area contributed by atoms with E-state index in [1.807, 2.05) is 19.9 Å². The van der Waals surface area contributed by atoms with Gasteiger partial charge < -0.3 is 19.3 Å². The summed E-state index contributed by atoms with van der Waals surface area (Å²) in [4.78, 5) is 11.7. The van der Waals surface area contributed by atoms with Crippen LogP contribution in [0.2, 0.25) is 0 Å². The third kappa shape index (κ3) is 4.77. The average molecular weight is 450 g/mol. The van der Waals surface area contributed by atoms with Gasteiger partial charge in [-0.2, -0.15) is 4.31 Å². The summed E-state index contributed by atoms with van der Waals surface area (Å²) in [5, 5.41) is 9.53. The Labute approximate surface area is 182 Å². The number of rotatable bonds is 9. The Bertz CT molecular complexity index is 1030. The maximum absolute atomic E-state index is 13.4. The molecule has 1 aliphatic rings. The molecular formula is C22H27NO7S. The number of hydrogen-bond acceptors (Lipinski definition) is 6. The molecule has 0 unspecified atom stereocenters. The highest BCUT2D eigenvalue weighted by Gasteiger charge is 2.38. The molecule has 31 heavy (non-hydrogen) atoms. The average Bonchev–Trinajstić information content (AvgIpc) is 2.74. The van der Waals surface area contributed by atoms with Gasteiger partial charge in [-0.1, -0.05) is 0 Å². The summed E-state index contributed by atoms with van der Waals surface area (Å²) in [6, 6.07) is 8.75. The molecule has 1 N–H and O–H groups in total. The lowest BCUT2D eigenvalue weighted by Gasteiger charge is -2.36. The highest BCUT2D eigenvalue weighted by Crippen LogP contribution is 2.41. The van der Waals surface area contributed by atoms with Crippen LogP contribution in [0.15, 0.2) is 41.3 Å². The molecular weight excluding hydrogens is 422 g/mol. The van der Waals surface area contributed by atoms with Gasteiger partial charge in [0.05, 0.1) is 37.7 Å². The molecule has 0 aliphatic carbocycles. The smallest absolute Gasteiger partial charge is 0.305 e. The lowest BCUT2D eigenvalue weighted by atomic mass is 9.91. The highest BCUT2D eigenvalue weighted by molar-refractivity contribution is 7.89. The molecule has 0 fully saturated rings. The van der Waals surface area contributed by atoms with Crippen LogP contribution < -0.4 is 14.2 Å². The molecule has 0 bridgehead atoms. The summed E-state index contributed by atoms with van der Waals surface area (Å²) in [5.41, 5.74) is 1.48. The summed E-state index contributed by atoms with van der Waals surface area (Å²) in [6.45, 7) is 4.72. The van der Waals surface area contributed by atoms with Crippen LogP contribution in [0.1, 0.15) is 37.4 Å². The Morgan fingerprint density at radius 2 is 1.71 bits per heavy atom. The Morgan fingerprint density at radius 3 is 2.26 bits per heavy atom. The largest absolute Gasteiger partial charge is 0.497 e. The number of ether oxygens (including phenoxy) is 3. The van der Waals surface area contributed by atoms with E-state index in [0.717, 1.165) is 5.56 Å². The minimum atomic E-state index is -3.93. The number of benzene rings is 2. The van der Waals surface area contributed by atoms with E-state index in [1.54, 1.807) is 18.2 Å². The summed E-state index contributed by atoms with van der Waals surface area (Å²) in [5.74, 6) is 0.500. The van der Waals surface area contributed by atoms with Gasteiger partial charge in [-0.25, -0.2) is 8.42 Å². The normalized spacial score (nSPS) is 16.4. The molecule has 0 saturated carbocycles. The van der Waals surface area contributed by atoms with E-state index in [4.69, 9.17) is 14.2 Å². The van der Waals surface area contributed by atoms with E-state index in [2.05, 4.69) is 0 Å². The standard InChI is InChI=1S/C22H27NO7S/c1-4-29-20-12-15-10-11-23(31(26,27)17-8-6-16(28-3)7-9-17)19(14-22(24)25)18(15)13-21(20)30-5-2/h6-9,12-13,19H,4-5,10-11,14H2,1-3H3,(H,24,25)/t19-/m0/s1. The predicted octanol–water partition coefficient (Wildman–Crippen LogP) is 3.26. The SMILES string of the molecule is CCOc1cc2c(cc1OCC)[C@H](CC(=O)O)N(S(=O)(=O)c1ccc(OC)cc1)CC2. The van der Waals surface area contributed by atoms with Crippen molar-refractivity contribution < 1.29 is 32.5 Å². The number of nitrogens with zero attached hydrogens (tertiary/aromatic N) is 1. The van der Waals surface area contributed by atoms with Crippen LogP contribution in [0.5, 0.6) is 17.2 Å². The zero-order valence-electron chi connectivity index (χ0n) is 17.8. The van der Waals surface area contributed by atoms with Gasteiger partial charge in [0.2, 0.25) is 10.0 Å². The van der Waals surface area contributed by atoms with Crippen LogP contribution in [0.3, 0.4) is 0 Å². The van der Waals surface area contributed by atoms with Crippen molar-refractivity contribution in [3.63, 3.8) is 0 Å². The van der Waals surface area contributed by atoms with Gasteiger partial charge in [0.25, 0.3) is 0 Å². The van der Waals surface area contributed by atoms with Gasteiger partial charge in [-0.3, -0.25) is 4.79 Å². The van der Waals surface area contributed by atoms with E-state index < -0.39 is 22.0 Å². The summed E-state index contributed by atoms with van der Waals surface area (Å²) < 4.78 is 44.5. The lowest BCUT2D eigenvalue weighted by Crippen LogP contribution is -2.41. The molecule has 168 valence electrons. The number of sulfonamides is 1. The van der Waals surface area contributed by atoms with Gasteiger partial charge in [-0.05, 0) is 67.8 Å². The molecule has 2 aromatic carbocycles. The third-order valence-electron chi connectivity index (χ3n) is 5.15. The predicted molar refractivity (Wildman–Crippen MR) is 114 cm³/mol. The minimum Gasteiger partial charge on any atom is -0.497 e. The first kappa shape index (κ1) is 22.9.